The van der Waals surface area contributed by atoms with E-state index in [0.29, 0.717) is 34.2 Å². The van der Waals surface area contributed by atoms with Crippen molar-refractivity contribution >= 4 is 17.6 Å². The van der Waals surface area contributed by atoms with Gasteiger partial charge in [-0.05, 0) is 53.9 Å². The lowest BCUT2D eigenvalue weighted by molar-refractivity contribution is 0.0663. The van der Waals surface area contributed by atoms with E-state index in [0.717, 1.165) is 5.56 Å². The molecule has 2 N–H and O–H groups in total. The lowest BCUT2D eigenvalue weighted by Gasteiger charge is -2.11. The molecule has 0 radical (unpaired) electrons. The van der Waals surface area contributed by atoms with E-state index >= 15 is 0 Å². The van der Waals surface area contributed by atoms with E-state index < -0.39 is 5.97 Å². The second kappa shape index (κ2) is 8.00. The third-order valence-corrected chi connectivity index (χ3v) is 4.38. The van der Waals surface area contributed by atoms with Crippen molar-refractivity contribution in [2.75, 3.05) is 12.4 Å². The number of methoxy groups -OCH3 is 1. The Morgan fingerprint density at radius 3 is 2.32 bits per heavy atom. The zero-order valence-electron chi connectivity index (χ0n) is 15.9. The average Bonchev–Trinajstić information content (AvgIpc) is 3.18. The molecule has 6 nitrogen and oxygen atoms in total. The van der Waals surface area contributed by atoms with Crippen LogP contribution in [0.15, 0.2) is 59.0 Å². The zero-order chi connectivity index (χ0) is 20.3. The molecule has 0 aliphatic rings. The number of benzene rings is 2. The van der Waals surface area contributed by atoms with Crippen molar-refractivity contribution in [1.82, 2.24) is 0 Å². The highest BCUT2D eigenvalue weighted by Crippen LogP contribution is 2.34. The lowest BCUT2D eigenvalue weighted by atomic mass is 10.0. The van der Waals surface area contributed by atoms with Gasteiger partial charge in [-0.1, -0.05) is 26.0 Å². The summed E-state index contributed by atoms with van der Waals surface area (Å²) in [6, 6.07) is 15.5. The fourth-order valence-electron chi connectivity index (χ4n) is 2.80. The molecule has 0 fully saturated rings. The normalized spacial score (nSPS) is 10.7. The summed E-state index contributed by atoms with van der Waals surface area (Å²) in [6.07, 6.45) is 0. The molecule has 0 unspecified atom stereocenters. The van der Waals surface area contributed by atoms with Gasteiger partial charge in [0.15, 0.2) is 0 Å². The maximum absolute atomic E-state index is 12.5. The lowest BCUT2D eigenvalue weighted by Crippen LogP contribution is -2.12. The highest BCUT2D eigenvalue weighted by molar-refractivity contribution is 6.04. The molecular weight excluding hydrogens is 358 g/mol. The number of hydrogen-bond acceptors (Lipinski definition) is 4. The molecule has 0 saturated carbocycles. The molecule has 1 amide bonds. The van der Waals surface area contributed by atoms with Gasteiger partial charge in [0.2, 0.25) is 5.76 Å². The molecule has 0 aliphatic heterocycles. The number of carboxylic acids is 1. The molecule has 0 spiro atoms. The Labute approximate surface area is 162 Å². The first-order valence-electron chi connectivity index (χ1n) is 8.82. The Morgan fingerprint density at radius 2 is 1.75 bits per heavy atom. The third kappa shape index (κ3) is 4.06. The third-order valence-electron chi connectivity index (χ3n) is 4.38. The van der Waals surface area contributed by atoms with Crippen LogP contribution in [-0.4, -0.2) is 24.1 Å². The topological polar surface area (TPSA) is 88.8 Å². The standard InChI is InChI=1S/C22H21NO5/c1-13(2)14-4-6-15(7-5-14)21(24)23-16-8-9-18(27-3)17(12-16)19-10-11-20(28-19)22(25)26/h4-13H,1-3H3,(H,23,24)(H,25,26). The van der Waals surface area contributed by atoms with E-state index in [9.17, 15) is 9.59 Å². The second-order valence-corrected chi connectivity index (χ2v) is 6.61. The van der Waals surface area contributed by atoms with Crippen molar-refractivity contribution in [2.45, 2.75) is 19.8 Å². The Kier molecular flexibility index (Phi) is 5.49. The van der Waals surface area contributed by atoms with E-state index in [4.69, 9.17) is 14.3 Å². The number of aromatic carboxylic acids is 1. The first-order valence-corrected chi connectivity index (χ1v) is 8.82. The summed E-state index contributed by atoms with van der Waals surface area (Å²) in [5.41, 5.74) is 2.80. The van der Waals surface area contributed by atoms with Crippen LogP contribution in [0, 0.1) is 0 Å². The first-order chi connectivity index (χ1) is 13.4. The average molecular weight is 379 g/mol. The minimum Gasteiger partial charge on any atom is -0.496 e. The molecular formula is C22H21NO5. The number of ether oxygens (including phenoxy) is 1. The molecule has 3 aromatic rings. The monoisotopic (exact) mass is 379 g/mol. The largest absolute Gasteiger partial charge is 0.496 e. The number of nitrogens with one attached hydrogen (secondary N) is 1. The van der Waals surface area contributed by atoms with Crippen LogP contribution >= 0.6 is 0 Å². The molecule has 1 aromatic heterocycles. The van der Waals surface area contributed by atoms with Crippen LogP contribution in [0.2, 0.25) is 0 Å². The summed E-state index contributed by atoms with van der Waals surface area (Å²) in [5, 5.41) is 11.9. The second-order valence-electron chi connectivity index (χ2n) is 6.61. The van der Waals surface area contributed by atoms with Crippen molar-refractivity contribution in [3.05, 3.63) is 71.5 Å². The first kappa shape index (κ1) is 19.2. The summed E-state index contributed by atoms with van der Waals surface area (Å²) in [6.45, 7) is 4.19. The van der Waals surface area contributed by atoms with E-state index in [1.165, 1.54) is 13.2 Å². The Hall–Kier alpha value is -3.54. The van der Waals surface area contributed by atoms with Crippen LogP contribution in [0.1, 0.15) is 46.2 Å². The van der Waals surface area contributed by atoms with Crippen LogP contribution in [0.5, 0.6) is 5.75 Å². The molecule has 28 heavy (non-hydrogen) atoms. The zero-order valence-corrected chi connectivity index (χ0v) is 15.9. The quantitative estimate of drug-likeness (QED) is 0.627. The van der Waals surface area contributed by atoms with Gasteiger partial charge >= 0.3 is 5.97 Å². The van der Waals surface area contributed by atoms with Crippen molar-refractivity contribution in [2.24, 2.45) is 0 Å². The Morgan fingerprint density at radius 1 is 1.04 bits per heavy atom. The number of carboxylic acid groups (broad SMARTS) is 1. The van der Waals surface area contributed by atoms with Gasteiger partial charge in [-0.25, -0.2) is 4.79 Å². The molecule has 3 rings (SSSR count). The summed E-state index contributed by atoms with van der Waals surface area (Å²) >= 11 is 0. The highest BCUT2D eigenvalue weighted by atomic mass is 16.5. The molecule has 0 aliphatic carbocycles. The minimum atomic E-state index is -1.15. The number of carbonyl (C=O) groups excluding carboxylic acids is 1. The number of amides is 1. The van der Waals surface area contributed by atoms with Crippen LogP contribution in [0.25, 0.3) is 11.3 Å². The van der Waals surface area contributed by atoms with Crippen molar-refractivity contribution in [3.63, 3.8) is 0 Å². The summed E-state index contributed by atoms with van der Waals surface area (Å²) < 4.78 is 10.7. The van der Waals surface area contributed by atoms with Gasteiger partial charge in [0.05, 0.1) is 12.7 Å². The molecule has 0 atom stereocenters. The van der Waals surface area contributed by atoms with Gasteiger partial charge in [-0.3, -0.25) is 4.79 Å². The van der Waals surface area contributed by atoms with Crippen LogP contribution < -0.4 is 10.1 Å². The van der Waals surface area contributed by atoms with Gasteiger partial charge in [-0.15, -0.1) is 0 Å². The van der Waals surface area contributed by atoms with E-state index in [1.807, 2.05) is 12.1 Å². The molecule has 144 valence electrons. The van der Waals surface area contributed by atoms with Gasteiger partial charge in [0, 0.05) is 11.3 Å². The minimum absolute atomic E-state index is 0.170. The number of carbonyl (C=O) groups is 2. The van der Waals surface area contributed by atoms with Crippen molar-refractivity contribution in [3.8, 4) is 17.1 Å². The summed E-state index contributed by atoms with van der Waals surface area (Å²) in [4.78, 5) is 23.6. The van der Waals surface area contributed by atoms with Crippen molar-refractivity contribution < 1.29 is 23.8 Å². The predicted molar refractivity (Wildman–Crippen MR) is 106 cm³/mol. The molecule has 2 aromatic carbocycles. The molecule has 0 saturated heterocycles. The number of rotatable bonds is 6. The molecule has 1 heterocycles. The predicted octanol–water partition coefficient (Wildman–Crippen LogP) is 5.03. The Bertz CT molecular complexity index is 1000. The van der Waals surface area contributed by atoms with Crippen molar-refractivity contribution in [1.29, 1.82) is 0 Å². The fourth-order valence-corrected chi connectivity index (χ4v) is 2.80. The smallest absolute Gasteiger partial charge is 0.371 e. The number of hydrogen-bond donors (Lipinski definition) is 2. The van der Waals surface area contributed by atoms with Crippen LogP contribution in [-0.2, 0) is 0 Å². The van der Waals surface area contributed by atoms with Gasteiger partial charge in [-0.2, -0.15) is 0 Å². The van der Waals surface area contributed by atoms with Crippen LogP contribution in [0.4, 0.5) is 5.69 Å². The number of anilines is 1. The maximum Gasteiger partial charge on any atom is 0.371 e. The summed E-state index contributed by atoms with van der Waals surface area (Å²) in [5.74, 6) is -0.323. The fraction of sp³-hybridized carbons (Fsp3) is 0.182. The van der Waals surface area contributed by atoms with E-state index in [1.54, 1.807) is 36.4 Å². The van der Waals surface area contributed by atoms with E-state index in [2.05, 4.69) is 19.2 Å². The Balaban J connectivity index is 1.86. The van der Waals surface area contributed by atoms with E-state index in [-0.39, 0.29) is 11.7 Å². The highest BCUT2D eigenvalue weighted by Gasteiger charge is 2.16. The van der Waals surface area contributed by atoms with Gasteiger partial charge in [0.1, 0.15) is 11.5 Å². The summed E-state index contributed by atoms with van der Waals surface area (Å²) in [7, 11) is 1.51. The molecule has 6 heteroatoms. The van der Waals surface area contributed by atoms with Crippen LogP contribution in [0.3, 0.4) is 0 Å². The maximum atomic E-state index is 12.5. The molecule has 0 bridgehead atoms. The SMILES string of the molecule is COc1ccc(NC(=O)c2ccc(C(C)C)cc2)cc1-c1ccc(C(=O)O)o1. The number of furan rings is 1. The van der Waals surface area contributed by atoms with Gasteiger partial charge in [0.25, 0.3) is 5.91 Å². The van der Waals surface area contributed by atoms with Gasteiger partial charge < -0.3 is 19.6 Å².